The summed E-state index contributed by atoms with van der Waals surface area (Å²) in [7, 11) is 0. The fourth-order valence-corrected chi connectivity index (χ4v) is 3.50. The van der Waals surface area contributed by atoms with Crippen molar-refractivity contribution in [2.24, 2.45) is 5.10 Å². The van der Waals surface area contributed by atoms with Crippen LogP contribution in [0.1, 0.15) is 28.3 Å². The molecule has 10 heteroatoms. The largest absolute Gasteiger partial charge is 0.312 e. The average Bonchev–Trinajstić information content (AvgIpc) is 3.11. The van der Waals surface area contributed by atoms with Crippen molar-refractivity contribution in [3.05, 3.63) is 62.7 Å². The Bertz CT molecular complexity index is 1020. The highest BCUT2D eigenvalue weighted by atomic mass is 32.2. The van der Waals surface area contributed by atoms with E-state index in [9.17, 15) is 10.1 Å². The van der Waals surface area contributed by atoms with Gasteiger partial charge in [-0.3, -0.25) is 14.8 Å². The van der Waals surface area contributed by atoms with E-state index in [2.05, 4.69) is 20.4 Å². The molecule has 0 amide bonds. The second kappa shape index (κ2) is 7.70. The van der Waals surface area contributed by atoms with E-state index in [1.54, 1.807) is 29.4 Å². The molecule has 0 spiro atoms. The first kappa shape index (κ1) is 18.8. The van der Waals surface area contributed by atoms with Crippen molar-refractivity contribution in [2.45, 2.75) is 38.7 Å². The number of aromatic nitrogens is 5. The van der Waals surface area contributed by atoms with Crippen LogP contribution in [-0.4, -0.2) is 35.8 Å². The zero-order valence-corrected chi connectivity index (χ0v) is 16.3. The van der Waals surface area contributed by atoms with Crippen molar-refractivity contribution in [2.75, 3.05) is 0 Å². The summed E-state index contributed by atoms with van der Waals surface area (Å²) in [6.07, 6.45) is 1.77. The monoisotopic (exact) mass is 385 g/mol. The van der Waals surface area contributed by atoms with Gasteiger partial charge in [-0.15, -0.1) is 10.2 Å². The number of nitrogens with zero attached hydrogens (tertiary/aromatic N) is 7. The second-order valence-corrected chi connectivity index (χ2v) is 6.90. The predicted molar refractivity (Wildman–Crippen MR) is 103 cm³/mol. The van der Waals surface area contributed by atoms with Gasteiger partial charge in [0.25, 0.3) is 0 Å². The summed E-state index contributed by atoms with van der Waals surface area (Å²) in [6, 6.07) is 7.94. The smallest absolute Gasteiger partial charge is 0.258 e. The molecule has 0 N–H and O–H groups in total. The van der Waals surface area contributed by atoms with Crippen LogP contribution in [0.25, 0.3) is 0 Å². The van der Waals surface area contributed by atoms with Gasteiger partial charge >= 0.3 is 5.69 Å². The summed E-state index contributed by atoms with van der Waals surface area (Å²) in [5, 5.41) is 28.7. The van der Waals surface area contributed by atoms with Gasteiger partial charge in [0.15, 0.2) is 5.82 Å². The third-order valence-electron chi connectivity index (χ3n) is 4.11. The summed E-state index contributed by atoms with van der Waals surface area (Å²) in [5.74, 6) is 1.03. The molecular weight excluding hydrogens is 366 g/mol. The Balaban J connectivity index is 1.81. The molecule has 0 aliphatic rings. The molecule has 2 heterocycles. The number of rotatable bonds is 6. The first-order valence-corrected chi connectivity index (χ1v) is 9.20. The molecule has 0 bridgehead atoms. The molecular formula is C17H19N7O2S. The van der Waals surface area contributed by atoms with Gasteiger partial charge < -0.3 is 0 Å². The van der Waals surface area contributed by atoms with E-state index >= 15 is 0 Å². The van der Waals surface area contributed by atoms with Crippen molar-refractivity contribution in [1.82, 2.24) is 24.7 Å². The third-order valence-corrected chi connectivity index (χ3v) is 5.00. The van der Waals surface area contributed by atoms with E-state index in [1.165, 1.54) is 11.8 Å². The van der Waals surface area contributed by atoms with Crippen LogP contribution in [0.4, 0.5) is 5.69 Å². The van der Waals surface area contributed by atoms with Crippen LogP contribution in [0.2, 0.25) is 0 Å². The van der Waals surface area contributed by atoms with E-state index in [-0.39, 0.29) is 5.69 Å². The van der Waals surface area contributed by atoms with E-state index in [1.807, 2.05) is 38.1 Å². The van der Waals surface area contributed by atoms with Crippen LogP contribution >= 0.6 is 11.8 Å². The van der Waals surface area contributed by atoms with Gasteiger partial charge in [0.2, 0.25) is 5.16 Å². The summed E-state index contributed by atoms with van der Waals surface area (Å²) < 4.78 is 3.24. The molecule has 0 aliphatic heterocycles. The van der Waals surface area contributed by atoms with Crippen molar-refractivity contribution in [3.8, 4) is 0 Å². The fourth-order valence-electron chi connectivity index (χ4n) is 2.61. The van der Waals surface area contributed by atoms with Crippen LogP contribution in [0.5, 0.6) is 0 Å². The van der Waals surface area contributed by atoms with Gasteiger partial charge in [0.05, 0.1) is 17.0 Å². The van der Waals surface area contributed by atoms with Gasteiger partial charge in [0.1, 0.15) is 11.4 Å². The first-order valence-electron chi connectivity index (χ1n) is 8.21. The Labute approximate surface area is 160 Å². The maximum absolute atomic E-state index is 11.1. The van der Waals surface area contributed by atoms with Crippen LogP contribution < -0.4 is 0 Å². The van der Waals surface area contributed by atoms with Gasteiger partial charge in [-0.25, -0.2) is 0 Å². The Morgan fingerprint density at radius 3 is 2.63 bits per heavy atom. The predicted octanol–water partition coefficient (Wildman–Crippen LogP) is 3.25. The maximum Gasteiger partial charge on any atom is 0.312 e. The minimum Gasteiger partial charge on any atom is -0.258 e. The lowest BCUT2D eigenvalue weighted by molar-refractivity contribution is -0.386. The molecule has 3 rings (SSSR count). The standard InChI is InChI=1S/C17H19N7O2S/c1-11-7-5-6-8-15(11)9-18-23-14(4)19-20-17(23)27-10-22-13(3)16(24(25)26)12(2)21-22/h5-9H,10H2,1-4H3. The SMILES string of the molecule is Cc1ccccc1C=Nn1c(C)nnc1SCn1nc(C)c([N+](=O)[O-])c1C. The molecule has 27 heavy (non-hydrogen) atoms. The summed E-state index contributed by atoms with van der Waals surface area (Å²) >= 11 is 1.36. The molecule has 0 unspecified atom stereocenters. The molecule has 0 aliphatic carbocycles. The molecule has 0 radical (unpaired) electrons. The quantitative estimate of drug-likeness (QED) is 0.279. The van der Waals surface area contributed by atoms with E-state index in [4.69, 9.17) is 0 Å². The Hall–Kier alpha value is -3.01. The lowest BCUT2D eigenvalue weighted by Crippen LogP contribution is -2.02. The zero-order chi connectivity index (χ0) is 19.6. The van der Waals surface area contributed by atoms with Gasteiger partial charge in [-0.05, 0) is 38.8 Å². The summed E-state index contributed by atoms with van der Waals surface area (Å²) in [6.45, 7) is 7.16. The summed E-state index contributed by atoms with van der Waals surface area (Å²) in [4.78, 5) is 10.7. The van der Waals surface area contributed by atoms with E-state index in [0.717, 1.165) is 11.1 Å². The van der Waals surface area contributed by atoms with Gasteiger partial charge in [-0.1, -0.05) is 36.0 Å². The highest BCUT2D eigenvalue weighted by molar-refractivity contribution is 7.98. The van der Waals surface area contributed by atoms with Gasteiger partial charge in [-0.2, -0.15) is 14.9 Å². The fraction of sp³-hybridized carbons (Fsp3) is 0.294. The number of thioether (sulfide) groups is 1. The number of aryl methyl sites for hydroxylation is 3. The van der Waals surface area contributed by atoms with E-state index < -0.39 is 4.92 Å². The number of hydrogen-bond donors (Lipinski definition) is 0. The topological polar surface area (TPSA) is 104 Å². The summed E-state index contributed by atoms with van der Waals surface area (Å²) in [5.41, 5.74) is 3.09. The molecule has 0 fully saturated rings. The first-order chi connectivity index (χ1) is 12.9. The van der Waals surface area contributed by atoms with Crippen molar-refractivity contribution in [3.63, 3.8) is 0 Å². The average molecular weight is 385 g/mol. The molecule has 140 valence electrons. The molecule has 9 nitrogen and oxygen atoms in total. The molecule has 0 atom stereocenters. The van der Waals surface area contributed by atoms with Crippen LogP contribution in [-0.2, 0) is 5.88 Å². The number of hydrogen-bond acceptors (Lipinski definition) is 7. The van der Waals surface area contributed by atoms with Crippen molar-refractivity contribution >= 4 is 23.7 Å². The lowest BCUT2D eigenvalue weighted by Gasteiger charge is -2.04. The Morgan fingerprint density at radius 2 is 1.96 bits per heavy atom. The minimum absolute atomic E-state index is 0.0471. The molecule has 0 saturated heterocycles. The molecule has 1 aromatic carbocycles. The van der Waals surface area contributed by atoms with Gasteiger partial charge in [0, 0.05) is 0 Å². The second-order valence-electron chi connectivity index (χ2n) is 5.99. The normalized spacial score (nSPS) is 11.4. The Morgan fingerprint density at radius 1 is 1.22 bits per heavy atom. The van der Waals surface area contributed by atoms with Crippen LogP contribution in [0.15, 0.2) is 34.5 Å². The highest BCUT2D eigenvalue weighted by Crippen LogP contribution is 2.25. The number of benzene rings is 1. The van der Waals surface area contributed by atoms with Crippen LogP contribution in [0.3, 0.4) is 0 Å². The minimum atomic E-state index is -0.405. The molecule has 3 aromatic rings. The Kier molecular flexibility index (Phi) is 5.36. The van der Waals surface area contributed by atoms with Crippen LogP contribution in [0, 0.1) is 37.8 Å². The zero-order valence-electron chi connectivity index (χ0n) is 15.4. The lowest BCUT2D eigenvalue weighted by atomic mass is 10.1. The number of nitro groups is 1. The molecule has 0 saturated carbocycles. The highest BCUT2D eigenvalue weighted by Gasteiger charge is 2.22. The maximum atomic E-state index is 11.1. The van der Waals surface area contributed by atoms with Crippen molar-refractivity contribution < 1.29 is 4.92 Å². The third kappa shape index (κ3) is 3.90. The van der Waals surface area contributed by atoms with E-state index in [0.29, 0.717) is 28.2 Å². The molecule has 2 aromatic heterocycles. The van der Waals surface area contributed by atoms with Crippen molar-refractivity contribution in [1.29, 1.82) is 0 Å².